The van der Waals surface area contributed by atoms with Gasteiger partial charge in [0.05, 0.1) is 12.3 Å². The van der Waals surface area contributed by atoms with E-state index in [9.17, 15) is 4.79 Å². The fourth-order valence-electron chi connectivity index (χ4n) is 8.77. The van der Waals surface area contributed by atoms with Gasteiger partial charge in [0.15, 0.2) is 0 Å². The van der Waals surface area contributed by atoms with E-state index in [1.807, 2.05) is 18.2 Å². The highest BCUT2D eigenvalue weighted by Crippen LogP contribution is 2.45. The van der Waals surface area contributed by atoms with Gasteiger partial charge in [-0.1, -0.05) is 94.3 Å². The van der Waals surface area contributed by atoms with Gasteiger partial charge >= 0.3 is 0 Å². The summed E-state index contributed by atoms with van der Waals surface area (Å²) in [5, 5.41) is 8.07. The highest BCUT2D eigenvalue weighted by atomic mass is 35.5. The minimum atomic E-state index is -0.499. The van der Waals surface area contributed by atoms with E-state index in [1.165, 1.54) is 30.5 Å². The van der Waals surface area contributed by atoms with Crippen LogP contribution < -0.4 is 14.4 Å². The predicted molar refractivity (Wildman–Crippen MR) is 227 cm³/mol. The summed E-state index contributed by atoms with van der Waals surface area (Å²) in [6, 6.07) is 12.4. The number of aryl methyl sites for hydroxylation is 1. The number of ether oxygens (including phenoxy) is 1. The number of allylic oxidation sites excluding steroid dienone is 1. The Kier molecular flexibility index (Phi) is 15.0. The van der Waals surface area contributed by atoms with Gasteiger partial charge in [-0.15, -0.1) is 0 Å². The standard InChI is InChI=1S/C43H63ClN4O2S.CH4O/c1-8-10-32-23-37(44)15-17-38(32)36-27-48-26-35-13-16-39(35)34(25-46-19-21-47(22-20-46)29-43(4,5)6)12-9-11-30(2)31(3)51(7)45-42(49)33-14-18-41(50-28-36)40(48)24-33;1-2/h9,12,14-15,17-18,23-24,30-31,34-36,39H,7-8,10-11,13,16,19-22,25-29H2,1-6H3,(H,45,49);2H,1H3/b12-9+;. The van der Waals surface area contributed by atoms with E-state index in [0.29, 0.717) is 41.3 Å². The SMILES string of the molecule is C=S1NC(=O)c2ccc3c(c2)N(CC(c2ccc(Cl)cc2CCC)CO3)CC2CCC2C(CN2CCN(CC(C)(C)C)CC2)/C=C/CC(C)C1C.CO. The summed E-state index contributed by atoms with van der Waals surface area (Å²) in [5.74, 6) is 7.64. The van der Waals surface area contributed by atoms with Crippen LogP contribution in [-0.4, -0.2) is 98.0 Å². The third-order valence-electron chi connectivity index (χ3n) is 12.0. The van der Waals surface area contributed by atoms with Gasteiger partial charge in [0, 0.05) is 81.2 Å². The second kappa shape index (κ2) is 19.0. The van der Waals surface area contributed by atoms with Crippen molar-refractivity contribution in [2.75, 3.05) is 71.0 Å². The second-order valence-electron chi connectivity index (χ2n) is 17.2. The number of hydrogen-bond acceptors (Lipinski definition) is 6. The normalized spacial score (nSPS) is 29.3. The molecule has 294 valence electrons. The molecule has 2 aromatic rings. The van der Waals surface area contributed by atoms with Gasteiger partial charge in [-0.05, 0) is 96.2 Å². The molecule has 6 rings (SSSR count). The molecule has 3 heterocycles. The van der Waals surface area contributed by atoms with Crippen LogP contribution in [-0.2, 0) is 6.42 Å². The van der Waals surface area contributed by atoms with Crippen LogP contribution in [0.25, 0.3) is 0 Å². The van der Waals surface area contributed by atoms with Crippen molar-refractivity contribution in [3.8, 4) is 5.75 Å². The molecule has 7 unspecified atom stereocenters. The maximum absolute atomic E-state index is 13.7. The number of anilines is 1. The van der Waals surface area contributed by atoms with Gasteiger partial charge in [-0.2, -0.15) is 0 Å². The third kappa shape index (κ3) is 10.9. The molecule has 1 aliphatic carbocycles. The molecule has 2 N–H and O–H groups in total. The van der Waals surface area contributed by atoms with E-state index in [2.05, 4.69) is 97.2 Å². The molecule has 4 aliphatic rings. The maximum Gasteiger partial charge on any atom is 0.260 e. The average molecular weight is 768 g/mol. The number of hydrogen-bond donors (Lipinski definition) is 2. The van der Waals surface area contributed by atoms with E-state index >= 15 is 0 Å². The van der Waals surface area contributed by atoms with Gasteiger partial charge in [0.2, 0.25) is 0 Å². The van der Waals surface area contributed by atoms with Gasteiger partial charge in [-0.25, -0.2) is 0 Å². The molecule has 3 aliphatic heterocycles. The van der Waals surface area contributed by atoms with Crippen LogP contribution in [0.4, 0.5) is 5.69 Å². The zero-order valence-electron chi connectivity index (χ0n) is 33.6. The summed E-state index contributed by atoms with van der Waals surface area (Å²) >= 11 is 6.51. The zero-order chi connectivity index (χ0) is 38.3. The van der Waals surface area contributed by atoms with Crippen LogP contribution in [0.1, 0.15) is 94.6 Å². The van der Waals surface area contributed by atoms with E-state index in [4.69, 9.17) is 21.4 Å². The van der Waals surface area contributed by atoms with Crippen LogP contribution in [0, 0.1) is 29.1 Å². The molecule has 2 aromatic carbocycles. The summed E-state index contributed by atoms with van der Waals surface area (Å²) < 4.78 is 9.91. The fraction of sp³-hybridized carbons (Fsp3) is 0.636. The highest BCUT2D eigenvalue weighted by Gasteiger charge is 2.39. The van der Waals surface area contributed by atoms with Crippen LogP contribution in [0.2, 0.25) is 5.02 Å². The van der Waals surface area contributed by atoms with E-state index in [0.717, 1.165) is 88.6 Å². The van der Waals surface area contributed by atoms with Crippen LogP contribution >= 0.6 is 22.3 Å². The Hall–Kier alpha value is -2.36. The molecule has 53 heavy (non-hydrogen) atoms. The van der Waals surface area contributed by atoms with Crippen molar-refractivity contribution in [2.24, 2.45) is 29.1 Å². The summed E-state index contributed by atoms with van der Waals surface area (Å²) in [5.41, 5.74) is 4.71. The number of nitrogens with one attached hydrogen (secondary N) is 1. The number of aliphatic hydroxyl groups is 1. The Morgan fingerprint density at radius 3 is 2.43 bits per heavy atom. The molecule has 7 atom stereocenters. The van der Waals surface area contributed by atoms with E-state index in [1.54, 1.807) is 0 Å². The van der Waals surface area contributed by atoms with Gasteiger partial charge in [0.25, 0.3) is 5.91 Å². The molecule has 0 aromatic heterocycles. The Morgan fingerprint density at radius 2 is 1.75 bits per heavy atom. The monoisotopic (exact) mass is 766 g/mol. The number of aliphatic hydroxyl groups excluding tert-OH is 1. The lowest BCUT2D eigenvalue weighted by Crippen LogP contribution is -2.51. The molecule has 7 nitrogen and oxygen atoms in total. The first kappa shape index (κ1) is 41.8. The molecule has 2 fully saturated rings. The lowest BCUT2D eigenvalue weighted by Gasteiger charge is -2.46. The number of benzene rings is 2. The van der Waals surface area contributed by atoms with E-state index < -0.39 is 10.7 Å². The molecular formula is C44H67ClN4O3S. The van der Waals surface area contributed by atoms with Crippen molar-refractivity contribution in [3.05, 3.63) is 70.3 Å². The summed E-state index contributed by atoms with van der Waals surface area (Å²) in [4.78, 5) is 21.7. The van der Waals surface area contributed by atoms with Gasteiger partial charge in [-0.3, -0.25) is 4.79 Å². The molecule has 0 radical (unpaired) electrons. The smallest absolute Gasteiger partial charge is 0.260 e. The molecule has 1 saturated heterocycles. The number of piperazine rings is 1. The molecular weight excluding hydrogens is 700 g/mol. The molecule has 1 amide bonds. The minimum absolute atomic E-state index is 0.0503. The number of halogens is 1. The highest BCUT2D eigenvalue weighted by molar-refractivity contribution is 8.13. The first-order valence-electron chi connectivity index (χ1n) is 20.1. The zero-order valence-corrected chi connectivity index (χ0v) is 35.2. The first-order chi connectivity index (χ1) is 25.4. The topological polar surface area (TPSA) is 68.3 Å². The van der Waals surface area contributed by atoms with Crippen molar-refractivity contribution in [2.45, 2.75) is 84.8 Å². The lowest BCUT2D eigenvalue weighted by molar-refractivity contribution is 0.0639. The molecule has 9 heteroatoms. The van der Waals surface area contributed by atoms with Crippen molar-refractivity contribution in [1.82, 2.24) is 14.5 Å². The maximum atomic E-state index is 13.7. The number of nitrogens with zero attached hydrogens (tertiary/aromatic N) is 3. The predicted octanol–water partition coefficient (Wildman–Crippen LogP) is 8.52. The summed E-state index contributed by atoms with van der Waals surface area (Å²) in [7, 11) is 0.501. The van der Waals surface area contributed by atoms with Gasteiger partial charge in [0.1, 0.15) is 5.75 Å². The number of fused-ring (bicyclic) bond motifs is 2. The number of rotatable bonds is 6. The Bertz CT molecular complexity index is 1570. The quantitative estimate of drug-likeness (QED) is 0.227. The summed E-state index contributed by atoms with van der Waals surface area (Å²) in [6.07, 6.45) is 10.6. The molecule has 2 bridgehead atoms. The van der Waals surface area contributed by atoms with Crippen LogP contribution in [0.5, 0.6) is 5.75 Å². The summed E-state index contributed by atoms with van der Waals surface area (Å²) in [6.45, 7) is 23.2. The molecule has 0 spiro atoms. The average Bonchev–Trinajstić information content (AvgIpc) is 3.29. The molecule has 1 saturated carbocycles. The Balaban J connectivity index is 0.00000266. The van der Waals surface area contributed by atoms with Crippen molar-refractivity contribution in [3.63, 3.8) is 0 Å². The number of amides is 1. The number of carbonyl (C=O) groups excluding carboxylic acids is 1. The first-order valence-corrected chi connectivity index (χ1v) is 21.9. The van der Waals surface area contributed by atoms with E-state index in [-0.39, 0.29) is 17.1 Å². The fourth-order valence-corrected chi connectivity index (χ4v) is 10.2. The lowest BCUT2D eigenvalue weighted by atomic mass is 9.66. The Labute approximate surface area is 328 Å². The van der Waals surface area contributed by atoms with Crippen molar-refractivity contribution < 1.29 is 14.6 Å². The number of carbonyl (C=O) groups is 1. The minimum Gasteiger partial charge on any atom is -0.491 e. The van der Waals surface area contributed by atoms with Gasteiger partial charge < -0.3 is 29.3 Å². The van der Waals surface area contributed by atoms with Crippen LogP contribution in [0.3, 0.4) is 0 Å². The second-order valence-corrected chi connectivity index (χ2v) is 19.4. The third-order valence-corrected chi connectivity index (χ3v) is 14.0. The Morgan fingerprint density at radius 1 is 1.02 bits per heavy atom. The van der Waals surface area contributed by atoms with Crippen molar-refractivity contribution >= 4 is 39.7 Å². The largest absolute Gasteiger partial charge is 0.491 e. The van der Waals surface area contributed by atoms with Crippen molar-refractivity contribution in [1.29, 1.82) is 0 Å². The van der Waals surface area contributed by atoms with Crippen LogP contribution in [0.15, 0.2) is 48.6 Å².